The van der Waals surface area contributed by atoms with Crippen molar-refractivity contribution >= 4 is 11.9 Å². The lowest BCUT2D eigenvalue weighted by molar-refractivity contribution is -0.137. The molecule has 1 amide bonds. The van der Waals surface area contributed by atoms with E-state index in [0.717, 1.165) is 5.56 Å². The molecule has 16 heavy (non-hydrogen) atoms. The van der Waals surface area contributed by atoms with Crippen LogP contribution in [-0.2, 0) is 9.59 Å². The van der Waals surface area contributed by atoms with Crippen LogP contribution in [0, 0.1) is 0 Å². The highest BCUT2D eigenvalue weighted by Crippen LogP contribution is 2.23. The summed E-state index contributed by atoms with van der Waals surface area (Å²) in [5.41, 5.74) is 0.883. The highest BCUT2D eigenvalue weighted by atomic mass is 16.4. The molecule has 1 rings (SSSR count). The quantitative estimate of drug-likeness (QED) is 0.789. The van der Waals surface area contributed by atoms with E-state index in [0.29, 0.717) is 0 Å². The van der Waals surface area contributed by atoms with E-state index in [1.165, 1.54) is 0 Å². The highest BCUT2D eigenvalue weighted by Gasteiger charge is 2.18. The number of carbonyl (C=O) groups is 2. The van der Waals surface area contributed by atoms with Crippen LogP contribution in [0.5, 0.6) is 0 Å². The number of hydrogen-bond donors (Lipinski definition) is 2. The second kappa shape index (κ2) is 5.90. The van der Waals surface area contributed by atoms with Crippen molar-refractivity contribution in [1.29, 1.82) is 0 Å². The molecule has 0 radical (unpaired) electrons. The largest absolute Gasteiger partial charge is 0.481 e. The smallest absolute Gasteiger partial charge is 0.303 e. The van der Waals surface area contributed by atoms with Crippen LogP contribution in [0.3, 0.4) is 0 Å². The number of carboxylic acid groups (broad SMARTS) is 1. The first-order valence-corrected chi connectivity index (χ1v) is 5.10. The minimum Gasteiger partial charge on any atom is -0.481 e. The zero-order valence-corrected chi connectivity index (χ0v) is 9.14. The Morgan fingerprint density at radius 1 is 1.25 bits per heavy atom. The van der Waals surface area contributed by atoms with Gasteiger partial charge in [0.05, 0.1) is 6.42 Å². The highest BCUT2D eigenvalue weighted by molar-refractivity contribution is 5.78. The van der Waals surface area contributed by atoms with Gasteiger partial charge in [0.15, 0.2) is 0 Å². The van der Waals surface area contributed by atoms with Crippen molar-refractivity contribution in [2.24, 2.45) is 0 Å². The normalized spacial score (nSPS) is 11.8. The van der Waals surface area contributed by atoms with Crippen molar-refractivity contribution in [2.45, 2.75) is 18.8 Å². The van der Waals surface area contributed by atoms with Crippen molar-refractivity contribution in [1.82, 2.24) is 5.32 Å². The predicted octanol–water partition coefficient (Wildman–Crippen LogP) is 1.38. The molecule has 0 saturated carbocycles. The summed E-state index contributed by atoms with van der Waals surface area (Å²) >= 11 is 0. The fourth-order valence-electron chi connectivity index (χ4n) is 1.57. The Kier molecular flexibility index (Phi) is 4.51. The van der Waals surface area contributed by atoms with Crippen molar-refractivity contribution in [3.63, 3.8) is 0 Å². The van der Waals surface area contributed by atoms with E-state index in [4.69, 9.17) is 5.11 Å². The SMILES string of the molecule is CNC(=O)CC(CC(=O)O)c1ccccc1. The van der Waals surface area contributed by atoms with Gasteiger partial charge in [-0.15, -0.1) is 0 Å². The molecule has 0 heterocycles. The molecule has 1 atom stereocenters. The summed E-state index contributed by atoms with van der Waals surface area (Å²) in [6, 6.07) is 9.23. The zero-order valence-electron chi connectivity index (χ0n) is 9.14. The standard InChI is InChI=1S/C12H15NO3/c1-13-11(14)7-10(8-12(15)16)9-5-3-2-4-6-9/h2-6,10H,7-8H2,1H3,(H,13,14)(H,15,16). The van der Waals surface area contributed by atoms with Crippen LogP contribution in [0.1, 0.15) is 24.3 Å². The van der Waals surface area contributed by atoms with E-state index >= 15 is 0 Å². The molecule has 2 N–H and O–H groups in total. The summed E-state index contributed by atoms with van der Waals surface area (Å²) in [4.78, 5) is 22.0. The molecule has 1 unspecified atom stereocenters. The summed E-state index contributed by atoms with van der Waals surface area (Å²) in [6.07, 6.45) is 0.171. The van der Waals surface area contributed by atoms with E-state index in [2.05, 4.69) is 5.32 Å². The lowest BCUT2D eigenvalue weighted by Gasteiger charge is -2.14. The van der Waals surface area contributed by atoms with Gasteiger partial charge in [0.2, 0.25) is 5.91 Å². The first-order chi connectivity index (χ1) is 7.63. The third-order valence-electron chi connectivity index (χ3n) is 2.40. The Bertz CT molecular complexity index is 362. The van der Waals surface area contributed by atoms with Crippen LogP contribution in [0.4, 0.5) is 0 Å². The Morgan fingerprint density at radius 3 is 2.38 bits per heavy atom. The third-order valence-corrected chi connectivity index (χ3v) is 2.40. The Morgan fingerprint density at radius 2 is 1.88 bits per heavy atom. The van der Waals surface area contributed by atoms with E-state index in [1.54, 1.807) is 7.05 Å². The molecule has 0 bridgehead atoms. The Balaban J connectivity index is 2.79. The Labute approximate surface area is 94.3 Å². The topological polar surface area (TPSA) is 66.4 Å². The summed E-state index contributed by atoms with van der Waals surface area (Å²) in [7, 11) is 1.55. The van der Waals surface area contributed by atoms with E-state index < -0.39 is 5.97 Å². The summed E-state index contributed by atoms with van der Waals surface area (Å²) in [5.74, 6) is -1.30. The maximum absolute atomic E-state index is 11.3. The summed E-state index contributed by atoms with van der Waals surface area (Å²) < 4.78 is 0. The molecule has 0 spiro atoms. The number of benzene rings is 1. The van der Waals surface area contributed by atoms with Gasteiger partial charge in [0.25, 0.3) is 0 Å². The number of amides is 1. The minimum absolute atomic E-state index is 0.0303. The van der Waals surface area contributed by atoms with Gasteiger partial charge in [-0.1, -0.05) is 30.3 Å². The molecule has 1 aromatic rings. The van der Waals surface area contributed by atoms with Gasteiger partial charge in [0, 0.05) is 19.4 Å². The van der Waals surface area contributed by atoms with Gasteiger partial charge in [-0.3, -0.25) is 9.59 Å². The molecule has 0 aliphatic heterocycles. The van der Waals surface area contributed by atoms with Gasteiger partial charge < -0.3 is 10.4 Å². The van der Waals surface area contributed by atoms with Gasteiger partial charge in [0.1, 0.15) is 0 Å². The molecule has 0 aliphatic carbocycles. The fourth-order valence-corrected chi connectivity index (χ4v) is 1.57. The molecule has 1 aromatic carbocycles. The molecule has 0 aromatic heterocycles. The van der Waals surface area contributed by atoms with E-state index in [9.17, 15) is 9.59 Å². The van der Waals surface area contributed by atoms with Crippen LogP contribution in [0.2, 0.25) is 0 Å². The number of hydrogen-bond acceptors (Lipinski definition) is 2. The minimum atomic E-state index is -0.891. The van der Waals surface area contributed by atoms with Crippen LogP contribution < -0.4 is 5.32 Å². The van der Waals surface area contributed by atoms with Crippen molar-refractivity contribution in [3.8, 4) is 0 Å². The number of carboxylic acids is 1. The van der Waals surface area contributed by atoms with E-state index in [-0.39, 0.29) is 24.7 Å². The molecular formula is C12H15NO3. The average molecular weight is 221 g/mol. The Hall–Kier alpha value is -1.84. The number of rotatable bonds is 5. The molecule has 86 valence electrons. The maximum Gasteiger partial charge on any atom is 0.303 e. The summed E-state index contributed by atoms with van der Waals surface area (Å²) in [5, 5.41) is 11.3. The first-order valence-electron chi connectivity index (χ1n) is 5.10. The predicted molar refractivity (Wildman–Crippen MR) is 60.1 cm³/mol. The first kappa shape index (κ1) is 12.2. The van der Waals surface area contributed by atoms with Gasteiger partial charge >= 0.3 is 5.97 Å². The molecule has 4 heteroatoms. The van der Waals surface area contributed by atoms with Crippen LogP contribution in [0.25, 0.3) is 0 Å². The maximum atomic E-state index is 11.3. The van der Waals surface area contributed by atoms with Crippen molar-refractivity contribution < 1.29 is 14.7 Å². The van der Waals surface area contributed by atoms with Crippen LogP contribution in [-0.4, -0.2) is 24.0 Å². The van der Waals surface area contributed by atoms with Gasteiger partial charge in [-0.25, -0.2) is 0 Å². The molecule has 0 saturated heterocycles. The lowest BCUT2D eigenvalue weighted by Crippen LogP contribution is -2.21. The molecular weight excluding hydrogens is 206 g/mol. The van der Waals surface area contributed by atoms with Crippen LogP contribution in [0.15, 0.2) is 30.3 Å². The second-order valence-corrected chi connectivity index (χ2v) is 3.58. The summed E-state index contributed by atoms with van der Waals surface area (Å²) in [6.45, 7) is 0. The van der Waals surface area contributed by atoms with Crippen LogP contribution >= 0.6 is 0 Å². The number of carbonyl (C=O) groups excluding carboxylic acids is 1. The van der Waals surface area contributed by atoms with Crippen molar-refractivity contribution in [3.05, 3.63) is 35.9 Å². The third kappa shape index (κ3) is 3.73. The number of aliphatic carboxylic acids is 1. The lowest BCUT2D eigenvalue weighted by atomic mass is 9.92. The monoisotopic (exact) mass is 221 g/mol. The zero-order chi connectivity index (χ0) is 12.0. The van der Waals surface area contributed by atoms with E-state index in [1.807, 2.05) is 30.3 Å². The molecule has 0 aliphatic rings. The van der Waals surface area contributed by atoms with Gasteiger partial charge in [-0.05, 0) is 5.56 Å². The number of nitrogens with one attached hydrogen (secondary N) is 1. The van der Waals surface area contributed by atoms with Gasteiger partial charge in [-0.2, -0.15) is 0 Å². The second-order valence-electron chi connectivity index (χ2n) is 3.58. The fraction of sp³-hybridized carbons (Fsp3) is 0.333. The molecule has 0 fully saturated rings. The van der Waals surface area contributed by atoms with Crippen molar-refractivity contribution in [2.75, 3.05) is 7.05 Å². The average Bonchev–Trinajstić information content (AvgIpc) is 2.28. The molecule has 4 nitrogen and oxygen atoms in total.